The molecule has 2 rings (SSSR count). The van der Waals surface area contributed by atoms with Crippen LogP contribution in [0.5, 0.6) is 0 Å². The van der Waals surface area contributed by atoms with E-state index in [1.165, 1.54) is 0 Å². The molecule has 2 aromatic rings. The molecular formula is C17H21ClF3N5O2. The Bertz CT molecular complexity index is 886. The number of aromatic nitrogens is 3. The number of rotatable bonds is 5. The quantitative estimate of drug-likeness (QED) is 0.504. The molecule has 1 aromatic carbocycles. The first-order valence-electron chi connectivity index (χ1n) is 8.59. The van der Waals surface area contributed by atoms with E-state index in [1.807, 2.05) is 34.6 Å². The average molecular weight is 420 g/mol. The monoisotopic (exact) mass is 419 g/mol. The number of nitro benzene ring substituents is 1. The predicted molar refractivity (Wildman–Crippen MR) is 100 cm³/mol. The van der Waals surface area contributed by atoms with Crippen molar-refractivity contribution in [2.24, 2.45) is 0 Å². The van der Waals surface area contributed by atoms with Gasteiger partial charge < -0.3 is 4.90 Å². The van der Waals surface area contributed by atoms with E-state index >= 15 is 0 Å². The summed E-state index contributed by atoms with van der Waals surface area (Å²) < 4.78 is 40.5. The minimum Gasteiger partial charge on any atom is -0.341 e. The zero-order valence-electron chi connectivity index (χ0n) is 16.1. The minimum atomic E-state index is -4.77. The maximum atomic E-state index is 13.1. The van der Waals surface area contributed by atoms with Gasteiger partial charge in [0.1, 0.15) is 0 Å². The lowest BCUT2D eigenvalue weighted by Gasteiger charge is -2.20. The molecule has 0 fully saturated rings. The highest BCUT2D eigenvalue weighted by Gasteiger charge is 2.36. The van der Waals surface area contributed by atoms with E-state index in [0.29, 0.717) is 31.0 Å². The van der Waals surface area contributed by atoms with E-state index in [2.05, 4.69) is 10.1 Å². The Balaban J connectivity index is 2.86. The van der Waals surface area contributed by atoms with E-state index in [4.69, 9.17) is 11.6 Å². The lowest BCUT2D eigenvalue weighted by Crippen LogP contribution is -2.26. The molecule has 1 aromatic heterocycles. The topological polar surface area (TPSA) is 77.1 Å². The molecule has 7 nitrogen and oxygen atoms in total. The Morgan fingerprint density at radius 1 is 1.21 bits per heavy atom. The lowest BCUT2D eigenvalue weighted by atomic mass is 9.96. The highest BCUT2D eigenvalue weighted by Crippen LogP contribution is 2.40. The van der Waals surface area contributed by atoms with Gasteiger partial charge in [-0.3, -0.25) is 10.1 Å². The second kappa shape index (κ2) is 7.57. The molecule has 0 amide bonds. The van der Waals surface area contributed by atoms with Crippen molar-refractivity contribution >= 4 is 23.2 Å². The summed E-state index contributed by atoms with van der Waals surface area (Å²) in [7, 11) is 0. The van der Waals surface area contributed by atoms with Gasteiger partial charge in [0.05, 0.1) is 15.5 Å². The van der Waals surface area contributed by atoms with Crippen LogP contribution in [0.25, 0.3) is 5.69 Å². The Kier molecular flexibility index (Phi) is 5.93. The SMILES string of the molecule is CCN(CC)c1nc(C(C)(C)C)nn1-c1c(Cl)cc(C(F)(F)F)cc1[N+](=O)[O-]. The van der Waals surface area contributed by atoms with Gasteiger partial charge in [0.25, 0.3) is 5.69 Å². The Morgan fingerprint density at radius 2 is 1.79 bits per heavy atom. The maximum Gasteiger partial charge on any atom is 0.416 e. The molecule has 0 atom stereocenters. The first-order chi connectivity index (χ1) is 12.8. The highest BCUT2D eigenvalue weighted by atomic mass is 35.5. The summed E-state index contributed by atoms with van der Waals surface area (Å²) in [5.41, 5.74) is -2.73. The zero-order valence-corrected chi connectivity index (χ0v) is 16.9. The molecule has 0 N–H and O–H groups in total. The van der Waals surface area contributed by atoms with Gasteiger partial charge >= 0.3 is 6.18 Å². The average Bonchev–Trinajstić information content (AvgIpc) is 2.99. The van der Waals surface area contributed by atoms with Gasteiger partial charge in [0.15, 0.2) is 11.5 Å². The van der Waals surface area contributed by atoms with Crippen molar-refractivity contribution in [2.75, 3.05) is 18.0 Å². The molecule has 0 unspecified atom stereocenters. The number of benzene rings is 1. The Hall–Kier alpha value is -2.36. The van der Waals surface area contributed by atoms with Crippen LogP contribution in [0.2, 0.25) is 5.02 Å². The fourth-order valence-corrected chi connectivity index (χ4v) is 2.87. The van der Waals surface area contributed by atoms with Gasteiger partial charge in [-0.15, -0.1) is 5.10 Å². The predicted octanol–water partition coefficient (Wildman–Crippen LogP) is 4.99. The lowest BCUT2D eigenvalue weighted by molar-refractivity contribution is -0.384. The molecule has 0 bridgehead atoms. The van der Waals surface area contributed by atoms with Gasteiger partial charge in [-0.05, 0) is 19.9 Å². The van der Waals surface area contributed by atoms with Crippen LogP contribution in [-0.4, -0.2) is 32.8 Å². The largest absolute Gasteiger partial charge is 0.416 e. The fourth-order valence-electron chi connectivity index (χ4n) is 2.58. The molecule has 0 aliphatic heterocycles. The van der Waals surface area contributed by atoms with Gasteiger partial charge in [-0.2, -0.15) is 22.8 Å². The molecule has 1 heterocycles. The fraction of sp³-hybridized carbons (Fsp3) is 0.529. The van der Waals surface area contributed by atoms with Crippen molar-refractivity contribution in [3.8, 4) is 5.69 Å². The van der Waals surface area contributed by atoms with Gasteiger partial charge in [-0.25, -0.2) is 0 Å². The number of alkyl halides is 3. The van der Waals surface area contributed by atoms with Gasteiger partial charge in [0, 0.05) is 24.6 Å². The summed E-state index contributed by atoms with van der Waals surface area (Å²) >= 11 is 6.09. The van der Waals surface area contributed by atoms with Crippen LogP contribution in [0, 0.1) is 10.1 Å². The second-order valence-corrected chi connectivity index (χ2v) is 7.56. The summed E-state index contributed by atoms with van der Waals surface area (Å²) in [4.78, 5) is 16.9. The first-order valence-corrected chi connectivity index (χ1v) is 8.97. The van der Waals surface area contributed by atoms with E-state index in [1.54, 1.807) is 4.90 Å². The molecule has 0 radical (unpaired) electrons. The molecule has 11 heteroatoms. The van der Waals surface area contributed by atoms with Crippen molar-refractivity contribution < 1.29 is 18.1 Å². The first kappa shape index (κ1) is 21.9. The Morgan fingerprint density at radius 3 is 2.21 bits per heavy atom. The normalized spacial score (nSPS) is 12.3. The van der Waals surface area contributed by atoms with Crippen LogP contribution in [0.4, 0.5) is 24.8 Å². The maximum absolute atomic E-state index is 13.1. The van der Waals surface area contributed by atoms with Crippen LogP contribution >= 0.6 is 11.6 Å². The van der Waals surface area contributed by atoms with Gasteiger partial charge in [0.2, 0.25) is 5.95 Å². The third-order valence-corrected chi connectivity index (χ3v) is 4.37. The van der Waals surface area contributed by atoms with E-state index in [-0.39, 0.29) is 11.6 Å². The summed E-state index contributed by atoms with van der Waals surface area (Å²) in [6, 6.07) is 1.13. The third kappa shape index (κ3) is 4.21. The molecule has 0 spiro atoms. The van der Waals surface area contributed by atoms with Gasteiger partial charge in [-0.1, -0.05) is 32.4 Å². The molecule has 154 valence electrons. The van der Waals surface area contributed by atoms with Crippen LogP contribution in [0.1, 0.15) is 46.0 Å². The third-order valence-electron chi connectivity index (χ3n) is 4.09. The Labute approximate surface area is 165 Å². The molecule has 0 saturated carbocycles. The van der Waals surface area contributed by atoms with E-state index < -0.39 is 32.8 Å². The second-order valence-electron chi connectivity index (χ2n) is 7.15. The number of nitro groups is 1. The minimum absolute atomic E-state index is 0.246. The number of nitrogens with zero attached hydrogens (tertiary/aromatic N) is 5. The van der Waals surface area contributed by atoms with Crippen molar-refractivity contribution in [1.82, 2.24) is 14.8 Å². The van der Waals surface area contributed by atoms with Crippen LogP contribution in [0.3, 0.4) is 0 Å². The molecule has 0 saturated heterocycles. The van der Waals surface area contributed by atoms with Crippen molar-refractivity contribution in [3.63, 3.8) is 0 Å². The van der Waals surface area contributed by atoms with Crippen LogP contribution < -0.4 is 4.90 Å². The molecule has 28 heavy (non-hydrogen) atoms. The smallest absolute Gasteiger partial charge is 0.341 e. The highest BCUT2D eigenvalue weighted by molar-refractivity contribution is 6.33. The molecule has 0 aliphatic rings. The summed E-state index contributed by atoms with van der Waals surface area (Å²) in [5, 5.41) is 15.5. The van der Waals surface area contributed by atoms with Crippen molar-refractivity contribution in [2.45, 2.75) is 46.2 Å². The summed E-state index contributed by atoms with van der Waals surface area (Å²) in [6.07, 6.45) is -4.77. The number of hydrogen-bond donors (Lipinski definition) is 0. The number of anilines is 1. The number of hydrogen-bond acceptors (Lipinski definition) is 5. The summed E-state index contributed by atoms with van der Waals surface area (Å²) in [6.45, 7) is 10.4. The van der Waals surface area contributed by atoms with Crippen molar-refractivity contribution in [3.05, 3.63) is 38.7 Å². The molecule has 0 aliphatic carbocycles. The van der Waals surface area contributed by atoms with E-state index in [0.717, 1.165) is 4.68 Å². The van der Waals surface area contributed by atoms with Crippen molar-refractivity contribution in [1.29, 1.82) is 0 Å². The zero-order chi connectivity index (χ0) is 21.4. The van der Waals surface area contributed by atoms with Crippen LogP contribution in [0.15, 0.2) is 12.1 Å². The standard InChI is InChI=1S/C17H21ClF3N5O2/c1-6-24(7-2)15-22-14(16(3,4)5)23-25(15)13-11(18)8-10(17(19,20)21)9-12(13)26(27)28/h8-9H,6-7H2,1-5H3. The number of halogens is 4. The van der Waals surface area contributed by atoms with Crippen LogP contribution in [-0.2, 0) is 11.6 Å². The van der Waals surface area contributed by atoms with E-state index in [9.17, 15) is 23.3 Å². The molecular weight excluding hydrogens is 399 g/mol. The summed E-state index contributed by atoms with van der Waals surface area (Å²) in [5.74, 6) is 0.666.